The van der Waals surface area contributed by atoms with Gasteiger partial charge in [-0.1, -0.05) is 17.7 Å². The van der Waals surface area contributed by atoms with Crippen molar-refractivity contribution in [3.05, 3.63) is 71.0 Å². The summed E-state index contributed by atoms with van der Waals surface area (Å²) in [6.07, 6.45) is 0. The lowest BCUT2D eigenvalue weighted by atomic mass is 10.1. The van der Waals surface area contributed by atoms with Gasteiger partial charge in [0.1, 0.15) is 5.82 Å². The van der Waals surface area contributed by atoms with E-state index in [4.69, 9.17) is 0 Å². The average Bonchev–Trinajstić information content (AvgIpc) is 2.59. The number of hydrogen-bond acceptors (Lipinski definition) is 5. The van der Waals surface area contributed by atoms with Gasteiger partial charge in [0.25, 0.3) is 10.0 Å². The SMILES string of the molecule is Cc1cc(C)c(Nc2ccc(NS(=O)(=O)c3ccc(F)cc3)nn2)c(C)c1. The summed E-state index contributed by atoms with van der Waals surface area (Å²) in [6, 6.07) is 11.8. The van der Waals surface area contributed by atoms with Crippen molar-refractivity contribution >= 4 is 27.3 Å². The van der Waals surface area contributed by atoms with Crippen molar-refractivity contribution < 1.29 is 12.8 Å². The Kier molecular flexibility index (Phi) is 5.09. The van der Waals surface area contributed by atoms with Gasteiger partial charge in [-0.25, -0.2) is 12.8 Å². The highest BCUT2D eigenvalue weighted by Gasteiger charge is 2.15. The number of anilines is 3. The monoisotopic (exact) mass is 386 g/mol. The first kappa shape index (κ1) is 18.8. The van der Waals surface area contributed by atoms with E-state index in [0.717, 1.165) is 28.9 Å². The van der Waals surface area contributed by atoms with Crippen molar-refractivity contribution in [1.82, 2.24) is 10.2 Å². The van der Waals surface area contributed by atoms with Gasteiger partial charge in [0.05, 0.1) is 4.90 Å². The van der Waals surface area contributed by atoms with Crippen LogP contribution in [-0.4, -0.2) is 18.6 Å². The van der Waals surface area contributed by atoms with Crippen LogP contribution in [0.4, 0.5) is 21.7 Å². The number of nitrogens with one attached hydrogen (secondary N) is 2. The molecule has 0 unspecified atom stereocenters. The van der Waals surface area contributed by atoms with Gasteiger partial charge in [0.15, 0.2) is 11.6 Å². The lowest BCUT2D eigenvalue weighted by Gasteiger charge is -2.13. The molecular formula is C19H19FN4O2S. The summed E-state index contributed by atoms with van der Waals surface area (Å²) in [6.45, 7) is 6.04. The van der Waals surface area contributed by atoms with Crippen molar-refractivity contribution in [3.63, 3.8) is 0 Å². The molecule has 3 rings (SSSR count). The lowest BCUT2D eigenvalue weighted by Crippen LogP contribution is -2.14. The van der Waals surface area contributed by atoms with Crippen molar-refractivity contribution in [2.24, 2.45) is 0 Å². The minimum absolute atomic E-state index is 0.0567. The quantitative estimate of drug-likeness (QED) is 0.690. The smallest absolute Gasteiger partial charge is 0.263 e. The van der Waals surface area contributed by atoms with Gasteiger partial charge in [-0.3, -0.25) is 4.72 Å². The van der Waals surface area contributed by atoms with E-state index in [1.807, 2.05) is 20.8 Å². The zero-order chi connectivity index (χ0) is 19.6. The predicted molar refractivity (Wildman–Crippen MR) is 103 cm³/mol. The average molecular weight is 386 g/mol. The normalized spacial score (nSPS) is 11.3. The van der Waals surface area contributed by atoms with Crippen LogP contribution in [-0.2, 0) is 10.0 Å². The van der Waals surface area contributed by atoms with Crippen LogP contribution in [0, 0.1) is 26.6 Å². The lowest BCUT2D eigenvalue weighted by molar-refractivity contribution is 0.599. The van der Waals surface area contributed by atoms with Crippen molar-refractivity contribution in [1.29, 1.82) is 0 Å². The highest BCUT2D eigenvalue weighted by Crippen LogP contribution is 2.25. The fourth-order valence-corrected chi connectivity index (χ4v) is 3.77. The Morgan fingerprint density at radius 2 is 1.41 bits per heavy atom. The topological polar surface area (TPSA) is 84.0 Å². The van der Waals surface area contributed by atoms with E-state index < -0.39 is 15.8 Å². The molecule has 27 heavy (non-hydrogen) atoms. The predicted octanol–water partition coefficient (Wildman–Crippen LogP) is 4.09. The number of hydrogen-bond donors (Lipinski definition) is 2. The van der Waals surface area contributed by atoms with Gasteiger partial charge in [-0.15, -0.1) is 10.2 Å². The number of halogens is 1. The van der Waals surface area contributed by atoms with Gasteiger partial charge < -0.3 is 5.32 Å². The van der Waals surface area contributed by atoms with Gasteiger partial charge in [-0.05, 0) is 68.3 Å². The molecule has 6 nitrogen and oxygen atoms in total. The number of benzene rings is 2. The highest BCUT2D eigenvalue weighted by molar-refractivity contribution is 7.92. The van der Waals surface area contributed by atoms with Crippen LogP contribution in [0.2, 0.25) is 0 Å². The number of aryl methyl sites for hydroxylation is 3. The summed E-state index contributed by atoms with van der Waals surface area (Å²) < 4.78 is 39.9. The molecule has 8 heteroatoms. The second-order valence-corrected chi connectivity index (χ2v) is 7.94. The zero-order valence-corrected chi connectivity index (χ0v) is 15.9. The Morgan fingerprint density at radius 1 is 0.852 bits per heavy atom. The molecular weight excluding hydrogens is 367 g/mol. The summed E-state index contributed by atoms with van der Waals surface area (Å²) >= 11 is 0. The van der Waals surface area contributed by atoms with Crippen LogP contribution in [0.3, 0.4) is 0 Å². The summed E-state index contributed by atoms with van der Waals surface area (Å²) in [5, 5.41) is 11.1. The first-order valence-electron chi connectivity index (χ1n) is 8.21. The molecule has 0 saturated heterocycles. The third kappa shape index (κ3) is 4.40. The molecule has 2 N–H and O–H groups in total. The summed E-state index contributed by atoms with van der Waals surface area (Å²) in [4.78, 5) is -0.0567. The Hall–Kier alpha value is -3.00. The maximum absolute atomic E-state index is 13.0. The maximum Gasteiger partial charge on any atom is 0.263 e. The Bertz CT molecular complexity index is 1040. The number of aromatic nitrogens is 2. The summed E-state index contributed by atoms with van der Waals surface area (Å²) in [7, 11) is -3.86. The molecule has 0 bridgehead atoms. The Balaban J connectivity index is 1.77. The van der Waals surface area contributed by atoms with E-state index >= 15 is 0 Å². The van der Waals surface area contributed by atoms with Gasteiger partial charge >= 0.3 is 0 Å². The molecule has 0 amide bonds. The first-order chi connectivity index (χ1) is 12.7. The molecule has 0 aliphatic rings. The Labute approximate surface area is 157 Å². The molecule has 0 spiro atoms. The number of nitrogens with zero attached hydrogens (tertiary/aromatic N) is 2. The molecule has 1 heterocycles. The first-order valence-corrected chi connectivity index (χ1v) is 9.70. The zero-order valence-electron chi connectivity index (χ0n) is 15.1. The molecule has 0 fully saturated rings. The maximum atomic E-state index is 13.0. The van der Waals surface area contributed by atoms with Crippen molar-refractivity contribution in [3.8, 4) is 0 Å². The molecule has 0 atom stereocenters. The molecule has 2 aromatic carbocycles. The molecule has 1 aromatic heterocycles. The molecule has 0 radical (unpaired) electrons. The third-order valence-corrected chi connectivity index (χ3v) is 5.33. The summed E-state index contributed by atoms with van der Waals surface area (Å²) in [5.74, 6) is 0.0582. The summed E-state index contributed by atoms with van der Waals surface area (Å²) in [5.41, 5.74) is 4.27. The van der Waals surface area contributed by atoms with E-state index in [9.17, 15) is 12.8 Å². The van der Waals surface area contributed by atoms with Gasteiger partial charge in [0, 0.05) is 5.69 Å². The number of rotatable bonds is 5. The van der Waals surface area contributed by atoms with Crippen LogP contribution in [0.25, 0.3) is 0 Å². The van der Waals surface area contributed by atoms with Crippen LogP contribution in [0.5, 0.6) is 0 Å². The van der Waals surface area contributed by atoms with E-state index in [0.29, 0.717) is 5.82 Å². The van der Waals surface area contributed by atoms with Crippen LogP contribution in [0.1, 0.15) is 16.7 Å². The Morgan fingerprint density at radius 3 is 1.96 bits per heavy atom. The molecule has 0 aliphatic carbocycles. The number of sulfonamides is 1. The molecule has 140 valence electrons. The van der Waals surface area contributed by atoms with Crippen molar-refractivity contribution in [2.45, 2.75) is 25.7 Å². The van der Waals surface area contributed by atoms with E-state index in [1.165, 1.54) is 23.8 Å². The van der Waals surface area contributed by atoms with E-state index in [1.54, 1.807) is 6.07 Å². The second-order valence-electron chi connectivity index (χ2n) is 6.26. The fourth-order valence-electron chi connectivity index (χ4n) is 2.77. The van der Waals surface area contributed by atoms with Gasteiger partial charge in [0.2, 0.25) is 0 Å². The fraction of sp³-hybridized carbons (Fsp3) is 0.158. The molecule has 0 aliphatic heterocycles. The largest absolute Gasteiger partial charge is 0.338 e. The minimum atomic E-state index is -3.86. The highest BCUT2D eigenvalue weighted by atomic mass is 32.2. The standard InChI is InChI=1S/C19H19FN4O2S/c1-12-10-13(2)19(14(3)11-12)21-17-8-9-18(23-22-17)24-27(25,26)16-6-4-15(20)5-7-16/h4-11H,1-3H3,(H,21,22)(H,23,24). The van der Waals surface area contributed by atoms with Crippen LogP contribution in [0.15, 0.2) is 53.4 Å². The van der Waals surface area contributed by atoms with E-state index in [-0.39, 0.29) is 10.7 Å². The minimum Gasteiger partial charge on any atom is -0.338 e. The molecule has 3 aromatic rings. The van der Waals surface area contributed by atoms with Crippen molar-refractivity contribution in [2.75, 3.05) is 10.0 Å². The second kappa shape index (κ2) is 7.32. The van der Waals surface area contributed by atoms with Crippen LogP contribution < -0.4 is 10.0 Å². The third-order valence-electron chi connectivity index (χ3n) is 3.96. The molecule has 0 saturated carbocycles. The van der Waals surface area contributed by atoms with Crippen LogP contribution >= 0.6 is 0 Å². The van der Waals surface area contributed by atoms with Gasteiger partial charge in [-0.2, -0.15) is 0 Å². The van der Waals surface area contributed by atoms with E-state index in [2.05, 4.69) is 32.4 Å².